The third-order valence-electron chi connectivity index (χ3n) is 5.23. The van der Waals surface area contributed by atoms with Crippen molar-refractivity contribution in [2.75, 3.05) is 46.0 Å². The largest absolute Gasteiger partial charge is 0.492 e. The van der Waals surface area contributed by atoms with E-state index >= 15 is 0 Å². The first-order chi connectivity index (χ1) is 11.3. The molecular formula is C18H24N2O3. The van der Waals surface area contributed by atoms with Crippen LogP contribution in [0.15, 0.2) is 24.3 Å². The van der Waals surface area contributed by atoms with Crippen LogP contribution < -0.4 is 4.74 Å². The van der Waals surface area contributed by atoms with Crippen molar-refractivity contribution < 1.29 is 14.3 Å². The number of nitrogens with zero attached hydrogens (tertiary/aromatic N) is 2. The van der Waals surface area contributed by atoms with Gasteiger partial charge in [0, 0.05) is 37.8 Å². The summed E-state index contributed by atoms with van der Waals surface area (Å²) >= 11 is 0. The summed E-state index contributed by atoms with van der Waals surface area (Å²) in [7, 11) is 0. The zero-order valence-electron chi connectivity index (χ0n) is 13.4. The number of ether oxygens (including phenoxy) is 2. The molecule has 23 heavy (non-hydrogen) atoms. The molecule has 4 rings (SSSR count). The number of morpholine rings is 1. The summed E-state index contributed by atoms with van der Waals surface area (Å²) in [6.07, 6.45) is 2.22. The lowest BCUT2D eigenvalue weighted by molar-refractivity contribution is -0.134. The van der Waals surface area contributed by atoms with Crippen LogP contribution in [0.5, 0.6) is 5.75 Å². The Morgan fingerprint density at radius 2 is 2.00 bits per heavy atom. The zero-order valence-corrected chi connectivity index (χ0v) is 13.4. The Morgan fingerprint density at radius 1 is 1.17 bits per heavy atom. The molecule has 0 aromatic heterocycles. The molecule has 0 aliphatic carbocycles. The van der Waals surface area contributed by atoms with Gasteiger partial charge >= 0.3 is 0 Å². The second-order valence-corrected chi connectivity index (χ2v) is 6.64. The highest BCUT2D eigenvalue weighted by molar-refractivity contribution is 5.86. The van der Waals surface area contributed by atoms with Crippen LogP contribution in [-0.4, -0.2) is 67.7 Å². The van der Waals surface area contributed by atoms with Crippen LogP contribution in [0.3, 0.4) is 0 Å². The van der Waals surface area contributed by atoms with Crippen molar-refractivity contribution >= 4 is 5.91 Å². The van der Waals surface area contributed by atoms with E-state index in [2.05, 4.69) is 9.80 Å². The molecule has 2 saturated heterocycles. The average molecular weight is 316 g/mol. The van der Waals surface area contributed by atoms with Crippen molar-refractivity contribution in [2.45, 2.75) is 24.8 Å². The maximum atomic E-state index is 13.1. The fourth-order valence-corrected chi connectivity index (χ4v) is 3.96. The van der Waals surface area contributed by atoms with Crippen molar-refractivity contribution in [3.05, 3.63) is 29.8 Å². The third-order valence-corrected chi connectivity index (χ3v) is 5.23. The maximum Gasteiger partial charge on any atom is 0.234 e. The van der Waals surface area contributed by atoms with E-state index in [-0.39, 0.29) is 11.8 Å². The highest BCUT2D eigenvalue weighted by Crippen LogP contribution is 2.36. The number of amides is 1. The third kappa shape index (κ3) is 2.95. The number of hydrogen-bond donors (Lipinski definition) is 0. The van der Waals surface area contributed by atoms with E-state index in [1.54, 1.807) is 0 Å². The van der Waals surface area contributed by atoms with Crippen LogP contribution in [0.4, 0.5) is 0 Å². The second-order valence-electron chi connectivity index (χ2n) is 6.64. The van der Waals surface area contributed by atoms with Crippen molar-refractivity contribution in [3.63, 3.8) is 0 Å². The summed E-state index contributed by atoms with van der Waals surface area (Å²) in [5.41, 5.74) is 1.05. The predicted molar refractivity (Wildman–Crippen MR) is 86.7 cm³/mol. The minimum atomic E-state index is -0.128. The standard InChI is InChI=1S/C18H24N2O3/c21-18(16-13-23-17-6-2-1-5-15(16)17)20-7-3-4-14(20)12-19-8-10-22-11-9-19/h1-2,5-6,14,16H,3-4,7-13H2/t14-,16+/m1/s1. The number of benzene rings is 1. The van der Waals surface area contributed by atoms with E-state index in [0.29, 0.717) is 12.6 Å². The number of fused-ring (bicyclic) bond motifs is 1. The van der Waals surface area contributed by atoms with Crippen molar-refractivity contribution in [1.29, 1.82) is 0 Å². The molecule has 5 heteroatoms. The first kappa shape index (κ1) is 15.0. The van der Waals surface area contributed by atoms with E-state index in [1.807, 2.05) is 24.3 Å². The van der Waals surface area contributed by atoms with E-state index in [4.69, 9.17) is 9.47 Å². The molecule has 2 fully saturated rings. The normalized spacial score (nSPS) is 27.7. The van der Waals surface area contributed by atoms with Crippen molar-refractivity contribution in [3.8, 4) is 5.75 Å². The lowest BCUT2D eigenvalue weighted by Crippen LogP contribution is -2.48. The molecule has 1 aromatic carbocycles. The van der Waals surface area contributed by atoms with Crippen LogP contribution in [0.1, 0.15) is 24.3 Å². The molecule has 0 bridgehead atoms. The molecule has 0 N–H and O–H groups in total. The highest BCUT2D eigenvalue weighted by Gasteiger charge is 2.38. The molecule has 0 saturated carbocycles. The monoisotopic (exact) mass is 316 g/mol. The van der Waals surface area contributed by atoms with Gasteiger partial charge in [0.05, 0.1) is 13.2 Å². The first-order valence-electron chi connectivity index (χ1n) is 8.65. The van der Waals surface area contributed by atoms with Gasteiger partial charge in [0.1, 0.15) is 18.3 Å². The fraction of sp³-hybridized carbons (Fsp3) is 0.611. The van der Waals surface area contributed by atoms with Crippen molar-refractivity contribution in [2.24, 2.45) is 0 Å². The summed E-state index contributed by atoms with van der Waals surface area (Å²) in [6, 6.07) is 8.27. The number of carbonyl (C=O) groups is 1. The molecule has 3 aliphatic rings. The smallest absolute Gasteiger partial charge is 0.234 e. The highest BCUT2D eigenvalue weighted by atomic mass is 16.5. The van der Waals surface area contributed by atoms with Crippen LogP contribution in [0, 0.1) is 0 Å². The van der Waals surface area contributed by atoms with Gasteiger partial charge in [-0.3, -0.25) is 9.69 Å². The number of likely N-dealkylation sites (tertiary alicyclic amines) is 1. The van der Waals surface area contributed by atoms with E-state index in [1.165, 1.54) is 0 Å². The summed E-state index contributed by atoms with van der Waals surface area (Å²) in [5, 5.41) is 0. The van der Waals surface area contributed by atoms with Gasteiger partial charge in [-0.05, 0) is 18.9 Å². The molecule has 0 spiro atoms. The fourth-order valence-electron chi connectivity index (χ4n) is 3.96. The Kier molecular flexibility index (Phi) is 4.23. The molecule has 0 radical (unpaired) electrons. The molecule has 3 aliphatic heterocycles. The summed E-state index contributed by atoms with van der Waals surface area (Å²) < 4.78 is 11.1. The average Bonchev–Trinajstić information content (AvgIpc) is 3.22. The van der Waals surface area contributed by atoms with Gasteiger partial charge in [-0.15, -0.1) is 0 Å². The van der Waals surface area contributed by atoms with Gasteiger partial charge < -0.3 is 14.4 Å². The van der Waals surface area contributed by atoms with Crippen LogP contribution in [-0.2, 0) is 9.53 Å². The Labute approximate surface area is 137 Å². The molecule has 1 aromatic rings. The molecule has 5 nitrogen and oxygen atoms in total. The van der Waals surface area contributed by atoms with Crippen molar-refractivity contribution in [1.82, 2.24) is 9.80 Å². The summed E-state index contributed by atoms with van der Waals surface area (Å²) in [6.45, 7) is 5.92. The lowest BCUT2D eigenvalue weighted by Gasteiger charge is -2.33. The molecule has 1 amide bonds. The van der Waals surface area contributed by atoms with E-state index in [0.717, 1.165) is 63.5 Å². The van der Waals surface area contributed by atoms with Crippen LogP contribution >= 0.6 is 0 Å². The maximum absolute atomic E-state index is 13.1. The summed E-state index contributed by atoms with van der Waals surface area (Å²) in [4.78, 5) is 17.6. The SMILES string of the molecule is O=C([C@H]1COc2ccccc21)N1CCC[C@@H]1CN1CCOCC1. The number of rotatable bonds is 3. The molecule has 0 unspecified atom stereocenters. The minimum Gasteiger partial charge on any atom is -0.492 e. The van der Waals surface area contributed by atoms with Gasteiger partial charge in [0.25, 0.3) is 0 Å². The Bertz CT molecular complexity index is 571. The minimum absolute atomic E-state index is 0.128. The Morgan fingerprint density at radius 3 is 2.87 bits per heavy atom. The van der Waals surface area contributed by atoms with Gasteiger partial charge in [-0.2, -0.15) is 0 Å². The Hall–Kier alpha value is -1.59. The second kappa shape index (κ2) is 6.49. The van der Waals surface area contributed by atoms with Gasteiger partial charge in [-0.1, -0.05) is 18.2 Å². The summed E-state index contributed by atoms with van der Waals surface area (Å²) in [5.74, 6) is 0.983. The quantitative estimate of drug-likeness (QED) is 0.847. The zero-order chi connectivity index (χ0) is 15.6. The predicted octanol–water partition coefficient (Wildman–Crippen LogP) is 1.49. The molecule has 124 valence electrons. The number of carbonyl (C=O) groups excluding carboxylic acids is 1. The van der Waals surface area contributed by atoms with Crippen LogP contribution in [0.2, 0.25) is 0 Å². The number of para-hydroxylation sites is 1. The molecule has 2 atom stereocenters. The van der Waals surface area contributed by atoms with Gasteiger partial charge in [-0.25, -0.2) is 0 Å². The lowest BCUT2D eigenvalue weighted by atomic mass is 9.99. The topological polar surface area (TPSA) is 42.0 Å². The van der Waals surface area contributed by atoms with E-state index < -0.39 is 0 Å². The van der Waals surface area contributed by atoms with E-state index in [9.17, 15) is 4.79 Å². The number of hydrogen-bond acceptors (Lipinski definition) is 4. The van der Waals surface area contributed by atoms with Gasteiger partial charge in [0.15, 0.2) is 0 Å². The molecule has 3 heterocycles. The van der Waals surface area contributed by atoms with Crippen LogP contribution in [0.25, 0.3) is 0 Å². The molecular weight excluding hydrogens is 292 g/mol. The Balaban J connectivity index is 1.45. The van der Waals surface area contributed by atoms with Gasteiger partial charge in [0.2, 0.25) is 5.91 Å². The first-order valence-corrected chi connectivity index (χ1v) is 8.65.